The van der Waals surface area contributed by atoms with E-state index in [1.54, 1.807) is 0 Å². The minimum absolute atomic E-state index is 0.0410. The largest absolute Gasteiger partial charge is 0.472 e. The van der Waals surface area contributed by atoms with Crippen LogP contribution in [0.4, 0.5) is 0 Å². The first-order valence-electron chi connectivity index (χ1n) is 19.5. The fourth-order valence-corrected chi connectivity index (χ4v) is 5.52. The molecule has 0 aromatic rings. The summed E-state index contributed by atoms with van der Waals surface area (Å²) in [6.07, 6.45) is 43.5. The number of phosphoric acid groups is 1. The normalized spacial score (nSPS) is 14.2. The van der Waals surface area contributed by atoms with Gasteiger partial charge in [-0.1, -0.05) is 138 Å². The highest BCUT2D eigenvalue weighted by Gasteiger charge is 2.25. The van der Waals surface area contributed by atoms with Gasteiger partial charge in [0.25, 0.3) is 0 Å². The van der Waals surface area contributed by atoms with Crippen molar-refractivity contribution in [2.75, 3.05) is 26.4 Å². The van der Waals surface area contributed by atoms with Crippen molar-refractivity contribution in [2.45, 2.75) is 148 Å². The summed E-state index contributed by atoms with van der Waals surface area (Å²) in [5, 5.41) is 0. The summed E-state index contributed by atoms with van der Waals surface area (Å²) >= 11 is 0. The first kappa shape index (κ1) is 48.5. The molecular weight excluding hydrogens is 665 g/mol. The van der Waals surface area contributed by atoms with Gasteiger partial charge in [0.05, 0.1) is 13.2 Å². The summed E-state index contributed by atoms with van der Waals surface area (Å²) in [7, 11) is -4.39. The van der Waals surface area contributed by atoms with Crippen molar-refractivity contribution >= 4 is 19.8 Å². The Hall–Kier alpha value is -2.55. The van der Waals surface area contributed by atoms with E-state index in [9.17, 15) is 19.0 Å². The minimum atomic E-state index is -4.39. The highest BCUT2D eigenvalue weighted by Crippen LogP contribution is 2.43. The monoisotopic (exact) mass is 735 g/mol. The molecular formula is C41H70NO8P. The minimum Gasteiger partial charge on any atom is -0.462 e. The maximum absolute atomic E-state index is 12.5. The van der Waals surface area contributed by atoms with Gasteiger partial charge in [0.2, 0.25) is 0 Å². The molecule has 292 valence electrons. The van der Waals surface area contributed by atoms with Crippen molar-refractivity contribution in [3.8, 4) is 0 Å². The number of hydrogen-bond donors (Lipinski definition) is 2. The third-order valence-electron chi connectivity index (χ3n) is 7.69. The molecule has 2 atom stereocenters. The maximum atomic E-state index is 12.5. The lowest BCUT2D eigenvalue weighted by Gasteiger charge is -2.19. The molecule has 0 saturated heterocycles. The van der Waals surface area contributed by atoms with Crippen molar-refractivity contribution in [3.63, 3.8) is 0 Å². The smallest absolute Gasteiger partial charge is 0.462 e. The number of phosphoric ester groups is 1. The van der Waals surface area contributed by atoms with Gasteiger partial charge in [-0.05, 0) is 64.2 Å². The second-order valence-electron chi connectivity index (χ2n) is 12.6. The summed E-state index contributed by atoms with van der Waals surface area (Å²) in [6.45, 7) is 3.56. The zero-order valence-electron chi connectivity index (χ0n) is 31.8. The number of esters is 2. The number of carbonyl (C=O) groups excluding carboxylic acids is 2. The summed E-state index contributed by atoms with van der Waals surface area (Å²) in [5.41, 5.74) is 5.33. The third-order valence-corrected chi connectivity index (χ3v) is 8.67. The number of nitrogens with two attached hydrogens (primary N) is 1. The molecule has 1 unspecified atom stereocenters. The molecule has 0 saturated carbocycles. The fraction of sp³-hybridized carbons (Fsp3) is 0.659. The van der Waals surface area contributed by atoms with E-state index in [0.717, 1.165) is 64.2 Å². The van der Waals surface area contributed by atoms with Gasteiger partial charge in [-0.3, -0.25) is 18.6 Å². The quantitative estimate of drug-likeness (QED) is 0.0282. The predicted molar refractivity (Wildman–Crippen MR) is 210 cm³/mol. The van der Waals surface area contributed by atoms with Crippen LogP contribution < -0.4 is 5.73 Å². The molecule has 0 aromatic heterocycles. The molecule has 0 spiro atoms. The Morgan fingerprint density at radius 3 is 1.47 bits per heavy atom. The SMILES string of the molecule is CCCCCC=CC=CC=CCCCCCCC(=O)OC[C@H](COP(=O)(O)OCCN)OC(=O)CCCCCCC=CC=CC=CCCCCC. The Morgan fingerprint density at radius 2 is 1.02 bits per heavy atom. The van der Waals surface area contributed by atoms with Crippen LogP contribution in [0.3, 0.4) is 0 Å². The number of allylic oxidation sites excluding steroid dienone is 12. The summed E-state index contributed by atoms with van der Waals surface area (Å²) in [4.78, 5) is 34.7. The predicted octanol–water partition coefficient (Wildman–Crippen LogP) is 10.7. The van der Waals surface area contributed by atoms with E-state index in [2.05, 4.69) is 74.6 Å². The standard InChI is InChI=1S/C41H70NO8P/c1-3-5-7-9-11-13-15-17-19-21-23-25-27-29-31-33-40(43)47-37-39(38-49-51(45,46)48-36-35-42)50-41(44)34-32-30-28-26-24-22-20-18-16-14-12-10-8-6-4-2/h11-22,39H,3-10,23-38,42H2,1-2H3,(H,45,46)/t39-/m1/s1. The number of rotatable bonds is 35. The van der Waals surface area contributed by atoms with Gasteiger partial charge in [-0.25, -0.2) is 4.57 Å². The van der Waals surface area contributed by atoms with Crippen LogP contribution in [0.1, 0.15) is 142 Å². The molecule has 0 heterocycles. The van der Waals surface area contributed by atoms with Crippen LogP contribution >= 0.6 is 7.82 Å². The average molecular weight is 736 g/mol. The molecule has 9 nitrogen and oxygen atoms in total. The van der Waals surface area contributed by atoms with Crippen LogP contribution in [0.25, 0.3) is 0 Å². The van der Waals surface area contributed by atoms with Crippen molar-refractivity contribution in [1.82, 2.24) is 0 Å². The maximum Gasteiger partial charge on any atom is 0.472 e. The van der Waals surface area contributed by atoms with Gasteiger partial charge in [0.15, 0.2) is 6.10 Å². The van der Waals surface area contributed by atoms with Gasteiger partial charge in [0, 0.05) is 19.4 Å². The lowest BCUT2D eigenvalue weighted by Crippen LogP contribution is -2.29. The number of carbonyl (C=O) groups is 2. The first-order valence-corrected chi connectivity index (χ1v) is 21.0. The van der Waals surface area contributed by atoms with Crippen LogP contribution in [0, 0.1) is 0 Å². The van der Waals surface area contributed by atoms with E-state index in [0.29, 0.717) is 12.8 Å². The molecule has 0 bridgehead atoms. The molecule has 0 radical (unpaired) electrons. The lowest BCUT2D eigenvalue weighted by atomic mass is 10.1. The summed E-state index contributed by atoms with van der Waals surface area (Å²) in [5.74, 6) is -0.898. The Morgan fingerprint density at radius 1 is 0.588 bits per heavy atom. The van der Waals surface area contributed by atoms with Crippen LogP contribution in [-0.2, 0) is 32.7 Å². The van der Waals surface area contributed by atoms with Crippen molar-refractivity contribution in [1.29, 1.82) is 0 Å². The van der Waals surface area contributed by atoms with Crippen molar-refractivity contribution < 1.29 is 37.6 Å². The summed E-state index contributed by atoms with van der Waals surface area (Å²) in [6, 6.07) is 0. The summed E-state index contributed by atoms with van der Waals surface area (Å²) < 4.78 is 32.6. The van der Waals surface area contributed by atoms with Gasteiger partial charge in [-0.15, -0.1) is 0 Å². The Labute approximate surface area is 310 Å². The van der Waals surface area contributed by atoms with Gasteiger partial charge in [-0.2, -0.15) is 0 Å². The van der Waals surface area contributed by atoms with Crippen molar-refractivity contribution in [3.05, 3.63) is 72.9 Å². The zero-order valence-corrected chi connectivity index (χ0v) is 32.7. The molecule has 0 aromatic carbocycles. The number of ether oxygens (including phenoxy) is 2. The first-order chi connectivity index (χ1) is 24.8. The highest BCUT2D eigenvalue weighted by atomic mass is 31.2. The van der Waals surface area contributed by atoms with Gasteiger partial charge in [0.1, 0.15) is 6.61 Å². The Balaban J connectivity index is 4.35. The average Bonchev–Trinajstić information content (AvgIpc) is 3.11. The molecule has 51 heavy (non-hydrogen) atoms. The molecule has 0 aliphatic rings. The lowest BCUT2D eigenvalue weighted by molar-refractivity contribution is -0.161. The zero-order chi connectivity index (χ0) is 37.5. The Bertz CT molecular complexity index is 1070. The van der Waals surface area contributed by atoms with Crippen LogP contribution in [0.5, 0.6) is 0 Å². The third kappa shape index (κ3) is 37.0. The van der Waals surface area contributed by atoms with Crippen LogP contribution in [0.15, 0.2) is 72.9 Å². The van der Waals surface area contributed by atoms with E-state index in [1.165, 1.54) is 38.5 Å². The van der Waals surface area contributed by atoms with E-state index in [1.807, 2.05) is 12.2 Å². The van der Waals surface area contributed by atoms with Gasteiger partial charge >= 0.3 is 19.8 Å². The molecule has 0 aliphatic heterocycles. The van der Waals surface area contributed by atoms with E-state index in [-0.39, 0.29) is 32.6 Å². The Kier molecular flexibility index (Phi) is 35.4. The molecule has 10 heteroatoms. The topological polar surface area (TPSA) is 134 Å². The van der Waals surface area contributed by atoms with Crippen LogP contribution in [0.2, 0.25) is 0 Å². The van der Waals surface area contributed by atoms with Crippen molar-refractivity contribution in [2.24, 2.45) is 5.73 Å². The number of hydrogen-bond acceptors (Lipinski definition) is 8. The highest BCUT2D eigenvalue weighted by molar-refractivity contribution is 7.47. The molecule has 3 N–H and O–H groups in total. The molecule has 0 rings (SSSR count). The van der Waals surface area contributed by atoms with Crippen LogP contribution in [-0.4, -0.2) is 49.3 Å². The fourth-order valence-electron chi connectivity index (χ4n) is 4.75. The second-order valence-corrected chi connectivity index (χ2v) is 14.0. The van der Waals surface area contributed by atoms with E-state index in [4.69, 9.17) is 24.3 Å². The molecule has 0 aliphatic carbocycles. The van der Waals surface area contributed by atoms with Gasteiger partial charge < -0.3 is 20.1 Å². The number of unbranched alkanes of at least 4 members (excludes halogenated alkanes) is 14. The molecule has 0 fully saturated rings. The van der Waals surface area contributed by atoms with E-state index < -0.39 is 32.5 Å². The second kappa shape index (κ2) is 37.2. The molecule has 0 amide bonds. The van der Waals surface area contributed by atoms with E-state index >= 15 is 0 Å².